The Hall–Kier alpha value is -2.24. The molecule has 1 atom stereocenters. The van der Waals surface area contributed by atoms with E-state index in [0.29, 0.717) is 4.90 Å². The van der Waals surface area contributed by atoms with Gasteiger partial charge in [-0.25, -0.2) is 0 Å². The quantitative estimate of drug-likeness (QED) is 0.336. The van der Waals surface area contributed by atoms with E-state index in [4.69, 9.17) is 10.2 Å². The van der Waals surface area contributed by atoms with Crippen molar-refractivity contribution < 1.29 is 39.6 Å². The summed E-state index contributed by atoms with van der Waals surface area (Å²) in [6, 6.07) is -1.62. The van der Waals surface area contributed by atoms with Gasteiger partial charge in [0, 0.05) is 5.97 Å². The first-order valence-electron chi connectivity index (χ1n) is 4.82. The lowest BCUT2D eigenvalue weighted by Gasteiger charge is -2.29. The van der Waals surface area contributed by atoms with Crippen molar-refractivity contribution in [2.45, 2.75) is 18.9 Å². The van der Waals surface area contributed by atoms with Crippen molar-refractivity contribution in [3.63, 3.8) is 0 Å². The molecule has 20 heavy (non-hydrogen) atoms. The van der Waals surface area contributed by atoms with Crippen LogP contribution >= 0.6 is 0 Å². The molecule has 0 saturated heterocycles. The molecule has 0 heterocycles. The van der Waals surface area contributed by atoms with E-state index in [0.717, 1.165) is 0 Å². The van der Waals surface area contributed by atoms with E-state index in [1.807, 2.05) is 0 Å². The summed E-state index contributed by atoms with van der Waals surface area (Å²) in [6.45, 7) is -1.70. The Morgan fingerprint density at radius 3 is 1.60 bits per heavy atom. The van der Waals surface area contributed by atoms with Crippen molar-refractivity contribution in [2.75, 3.05) is 13.1 Å². The Morgan fingerprint density at radius 2 is 1.35 bits per heavy atom. The molecule has 0 aromatic heterocycles. The maximum absolute atomic E-state index is 10.8. The topological polar surface area (TPSA) is 231 Å². The van der Waals surface area contributed by atoms with E-state index >= 15 is 0 Å². The molecular weight excluding hydrogens is 278 g/mol. The molecule has 11 heteroatoms. The smallest absolute Gasteiger partial charge is 0.317 e. The number of carbonyl (C=O) groups excluding carboxylic acids is 2. The number of hydrogen-bond acceptors (Lipinski definition) is 7. The second kappa shape index (κ2) is 10.7. The van der Waals surface area contributed by atoms with Gasteiger partial charge < -0.3 is 42.3 Å². The van der Waals surface area contributed by atoms with Crippen LogP contribution in [-0.4, -0.2) is 58.1 Å². The number of quaternary nitrogens is 2. The van der Waals surface area contributed by atoms with Crippen LogP contribution in [0.15, 0.2) is 0 Å². The molecule has 0 radical (unpaired) electrons. The number of aliphatic carboxylic acids is 4. The minimum Gasteiger partial charge on any atom is -0.550 e. The first-order valence-corrected chi connectivity index (χ1v) is 4.82. The highest BCUT2D eigenvalue weighted by Crippen LogP contribution is 2.06. The summed E-state index contributed by atoms with van der Waals surface area (Å²) >= 11 is 0. The number of rotatable bonds is 9. The maximum Gasteiger partial charge on any atom is 0.317 e. The van der Waals surface area contributed by atoms with Crippen molar-refractivity contribution in [2.24, 2.45) is 0 Å². The molecule has 0 saturated carbocycles. The van der Waals surface area contributed by atoms with Gasteiger partial charge in [0.05, 0.1) is 25.1 Å². The molecule has 0 amide bonds. The van der Waals surface area contributed by atoms with E-state index < -0.39 is 55.9 Å². The Morgan fingerprint density at radius 1 is 0.950 bits per heavy atom. The van der Waals surface area contributed by atoms with E-state index in [-0.39, 0.29) is 12.3 Å². The average Bonchev–Trinajstić information content (AvgIpc) is 2.14. The lowest BCUT2D eigenvalue weighted by Crippen LogP contribution is -2.51. The molecule has 0 aliphatic carbocycles. The number of nitrogens with zero attached hydrogens (tertiary/aromatic N) is 1. The Balaban J connectivity index is -0.00000144. The molecule has 11 nitrogen and oxygen atoms in total. The molecular formula is C9H19N3O8. The summed E-state index contributed by atoms with van der Waals surface area (Å²) in [6.07, 6.45) is -1.14. The molecule has 0 aliphatic heterocycles. The van der Waals surface area contributed by atoms with Crippen LogP contribution in [0.1, 0.15) is 12.8 Å². The van der Waals surface area contributed by atoms with Crippen LogP contribution in [0.5, 0.6) is 0 Å². The van der Waals surface area contributed by atoms with Crippen LogP contribution in [0, 0.1) is 0 Å². The summed E-state index contributed by atoms with van der Waals surface area (Å²) in [5, 5.41) is 38.0. The van der Waals surface area contributed by atoms with E-state index in [1.165, 1.54) is 0 Å². The Kier molecular flexibility index (Phi) is 12.2. The second-order valence-corrected chi connectivity index (χ2v) is 3.44. The van der Waals surface area contributed by atoms with Crippen molar-refractivity contribution in [1.29, 1.82) is 0 Å². The standard InChI is InChI=1S/C9H13NO8.2H3N/c11-6(12)2-1-5(9(17)18)10(3-7(13)14)4-8(15)16;;/h5H,1-4H2,(H,11,12)(H,13,14)(H,15,16)(H,17,18);2*1H3/t5-;;/m0../s1. The van der Waals surface area contributed by atoms with Crippen LogP contribution in [0.25, 0.3) is 0 Å². The van der Waals surface area contributed by atoms with Crippen molar-refractivity contribution >= 4 is 23.9 Å². The zero-order valence-corrected chi connectivity index (χ0v) is 11.2. The summed E-state index contributed by atoms with van der Waals surface area (Å²) in [5.74, 6) is -6.13. The molecule has 0 bridgehead atoms. The van der Waals surface area contributed by atoms with Gasteiger partial charge in [0.1, 0.15) is 0 Å². The van der Waals surface area contributed by atoms with Crippen LogP contribution < -0.4 is 22.5 Å². The zero-order valence-electron chi connectivity index (χ0n) is 11.2. The Bertz CT molecular complexity index is 343. The van der Waals surface area contributed by atoms with E-state index in [9.17, 15) is 29.4 Å². The van der Waals surface area contributed by atoms with Crippen molar-refractivity contribution in [3.05, 3.63) is 0 Å². The highest BCUT2D eigenvalue weighted by atomic mass is 16.4. The molecule has 0 aliphatic rings. The van der Waals surface area contributed by atoms with Crippen molar-refractivity contribution in [1.82, 2.24) is 17.2 Å². The molecule has 0 rings (SSSR count). The van der Waals surface area contributed by atoms with Crippen LogP contribution in [-0.2, 0) is 19.2 Å². The van der Waals surface area contributed by atoms with Crippen LogP contribution in [0.3, 0.4) is 0 Å². The molecule has 0 spiro atoms. The number of carbonyl (C=O) groups is 4. The minimum atomic E-state index is -1.74. The number of hydrogen-bond donors (Lipinski definition) is 4. The third-order valence-corrected chi connectivity index (χ3v) is 2.01. The maximum atomic E-state index is 10.8. The molecule has 0 fully saturated rings. The van der Waals surface area contributed by atoms with Gasteiger partial charge in [-0.2, -0.15) is 0 Å². The van der Waals surface area contributed by atoms with Gasteiger partial charge in [-0.15, -0.1) is 0 Å². The number of carboxylic acid groups (broad SMARTS) is 4. The van der Waals surface area contributed by atoms with Gasteiger partial charge in [0.2, 0.25) is 0 Å². The van der Waals surface area contributed by atoms with Gasteiger partial charge in [-0.3, -0.25) is 14.5 Å². The summed E-state index contributed by atoms with van der Waals surface area (Å²) in [5.41, 5.74) is 0. The fourth-order valence-corrected chi connectivity index (χ4v) is 1.33. The fourth-order valence-electron chi connectivity index (χ4n) is 1.33. The molecule has 0 unspecified atom stereocenters. The largest absolute Gasteiger partial charge is 0.550 e. The Labute approximate surface area is 114 Å². The normalized spacial score (nSPS) is 10.8. The minimum absolute atomic E-state index is 0. The first kappa shape index (κ1) is 22.9. The third-order valence-electron chi connectivity index (χ3n) is 2.01. The average molecular weight is 297 g/mol. The van der Waals surface area contributed by atoms with Crippen molar-refractivity contribution in [3.8, 4) is 0 Å². The molecule has 10 N–H and O–H groups in total. The molecule has 118 valence electrons. The van der Waals surface area contributed by atoms with Gasteiger partial charge in [0.25, 0.3) is 0 Å². The van der Waals surface area contributed by atoms with Gasteiger partial charge >= 0.3 is 11.9 Å². The zero-order chi connectivity index (χ0) is 14.3. The lowest BCUT2D eigenvalue weighted by molar-refractivity contribution is -0.313. The van der Waals surface area contributed by atoms with Gasteiger partial charge in [-0.05, 0) is 12.8 Å². The summed E-state index contributed by atoms with van der Waals surface area (Å²) in [4.78, 5) is 42.5. The van der Waals surface area contributed by atoms with Gasteiger partial charge in [-0.1, -0.05) is 0 Å². The van der Waals surface area contributed by atoms with E-state index in [1.54, 1.807) is 0 Å². The predicted octanol–water partition coefficient (Wildman–Crippen LogP) is -3.14. The monoisotopic (exact) mass is 297 g/mol. The second-order valence-electron chi connectivity index (χ2n) is 3.44. The highest BCUT2D eigenvalue weighted by Gasteiger charge is 2.24. The van der Waals surface area contributed by atoms with Crippen LogP contribution in [0.4, 0.5) is 0 Å². The predicted molar refractivity (Wildman–Crippen MR) is 61.9 cm³/mol. The lowest BCUT2D eigenvalue weighted by atomic mass is 10.1. The SMILES string of the molecule is O=C([O-])CC[C@@H](C(=O)[O-])N(CC(=O)O)CC(=O)O.[NH4+].[NH4+]. The number of carboxylic acids is 4. The summed E-state index contributed by atoms with van der Waals surface area (Å²) in [7, 11) is 0. The first-order chi connectivity index (χ1) is 8.23. The van der Waals surface area contributed by atoms with Crippen LogP contribution in [0.2, 0.25) is 0 Å². The van der Waals surface area contributed by atoms with Gasteiger partial charge in [0.15, 0.2) is 0 Å². The molecule has 0 aromatic rings. The molecule has 0 aromatic carbocycles. The highest BCUT2D eigenvalue weighted by molar-refractivity contribution is 5.77. The third kappa shape index (κ3) is 9.76. The fraction of sp³-hybridized carbons (Fsp3) is 0.556. The van der Waals surface area contributed by atoms with E-state index in [2.05, 4.69) is 0 Å². The summed E-state index contributed by atoms with van der Waals surface area (Å²) < 4.78 is 0.